The molecule has 0 aromatic heterocycles. The van der Waals surface area contributed by atoms with Gasteiger partial charge in [-0.25, -0.2) is 4.79 Å². The van der Waals surface area contributed by atoms with Crippen LogP contribution in [0.1, 0.15) is 71.3 Å². The van der Waals surface area contributed by atoms with Crippen LogP contribution in [0.4, 0.5) is 4.79 Å². The van der Waals surface area contributed by atoms with Crippen molar-refractivity contribution in [2.75, 3.05) is 13.6 Å². The molecule has 0 aliphatic carbocycles. The van der Waals surface area contributed by atoms with Gasteiger partial charge in [-0.05, 0) is 78.0 Å². The molecule has 1 aromatic rings. The maximum Gasteiger partial charge on any atom is 0.410 e. The van der Waals surface area contributed by atoms with Gasteiger partial charge in [0.1, 0.15) is 5.60 Å². The van der Waals surface area contributed by atoms with Crippen molar-refractivity contribution in [1.82, 2.24) is 4.90 Å². The molecule has 1 amide bonds. The normalized spacial score (nSPS) is 13.4. The van der Waals surface area contributed by atoms with Crippen LogP contribution in [-0.2, 0) is 27.2 Å². The molecule has 1 aromatic carbocycles. The number of benzene rings is 1. The molecule has 0 heterocycles. The van der Waals surface area contributed by atoms with E-state index >= 15 is 0 Å². The molecule has 0 fully saturated rings. The summed E-state index contributed by atoms with van der Waals surface area (Å²) in [5.74, 6) is -1.93. The lowest BCUT2D eigenvalue weighted by atomic mass is 9.79. The highest BCUT2D eigenvalue weighted by Crippen LogP contribution is 2.31. The number of amides is 1. The zero-order chi connectivity index (χ0) is 25.1. The molecule has 8 nitrogen and oxygen atoms in total. The van der Waals surface area contributed by atoms with Crippen molar-refractivity contribution in [2.24, 2.45) is 10.8 Å². The third-order valence-electron chi connectivity index (χ3n) is 5.19. The van der Waals surface area contributed by atoms with Gasteiger partial charge in [-0.15, -0.1) is 0 Å². The highest BCUT2D eigenvalue weighted by atomic mass is 16.6. The molecule has 1 rings (SSSR count). The van der Waals surface area contributed by atoms with Gasteiger partial charge in [-0.1, -0.05) is 18.2 Å². The van der Waals surface area contributed by atoms with Gasteiger partial charge in [-0.3, -0.25) is 9.59 Å². The molecule has 1 atom stereocenters. The van der Waals surface area contributed by atoms with Crippen molar-refractivity contribution in [1.29, 1.82) is 0 Å². The highest BCUT2D eigenvalue weighted by Gasteiger charge is 2.32. The minimum absolute atomic E-state index is 0.0172. The second kappa shape index (κ2) is 9.90. The molecule has 180 valence electrons. The quantitative estimate of drug-likeness (QED) is 0.520. The van der Waals surface area contributed by atoms with Gasteiger partial charge in [0.15, 0.2) is 0 Å². The fraction of sp³-hybridized carbons (Fsp3) is 0.625. The minimum Gasteiger partial charge on any atom is -0.481 e. The van der Waals surface area contributed by atoms with Crippen LogP contribution in [0, 0.1) is 10.8 Å². The fourth-order valence-electron chi connectivity index (χ4n) is 3.07. The summed E-state index contributed by atoms with van der Waals surface area (Å²) < 4.78 is 5.30. The maximum absolute atomic E-state index is 12.2. The van der Waals surface area contributed by atoms with E-state index in [2.05, 4.69) is 0 Å². The summed E-state index contributed by atoms with van der Waals surface area (Å²) in [5.41, 5.74) is -0.914. The Morgan fingerprint density at radius 1 is 0.906 bits per heavy atom. The second-order valence-corrected chi connectivity index (χ2v) is 10.6. The number of aliphatic carboxylic acids is 2. The SMILES string of the molecule is CN(C[C@H](O)c1ccc(CC(C)(C)C(=O)O)c(CC(C)(C)C(=O)O)c1)C(=O)OC(C)(C)C. The molecule has 32 heavy (non-hydrogen) atoms. The first-order chi connectivity index (χ1) is 14.4. The van der Waals surface area contributed by atoms with Crippen molar-refractivity contribution in [2.45, 2.75) is 73.0 Å². The van der Waals surface area contributed by atoms with Crippen LogP contribution < -0.4 is 0 Å². The predicted molar refractivity (Wildman–Crippen MR) is 121 cm³/mol. The Bertz CT molecular complexity index is 852. The molecule has 0 aliphatic heterocycles. The highest BCUT2D eigenvalue weighted by molar-refractivity contribution is 5.75. The Morgan fingerprint density at radius 2 is 1.38 bits per heavy atom. The average Bonchev–Trinajstić information content (AvgIpc) is 2.60. The number of carbonyl (C=O) groups excluding carboxylic acids is 1. The lowest BCUT2D eigenvalue weighted by Crippen LogP contribution is -2.36. The first-order valence-corrected chi connectivity index (χ1v) is 10.6. The van der Waals surface area contributed by atoms with Crippen molar-refractivity contribution in [3.05, 3.63) is 34.9 Å². The summed E-state index contributed by atoms with van der Waals surface area (Å²) in [4.78, 5) is 36.8. The van der Waals surface area contributed by atoms with Crippen LogP contribution in [0.5, 0.6) is 0 Å². The Labute approximate surface area is 190 Å². The van der Waals surface area contributed by atoms with Gasteiger partial charge in [0.05, 0.1) is 23.5 Å². The van der Waals surface area contributed by atoms with E-state index < -0.39 is 40.6 Å². The molecular weight excluding hydrogens is 414 g/mol. The van der Waals surface area contributed by atoms with Gasteiger partial charge in [0, 0.05) is 7.05 Å². The van der Waals surface area contributed by atoms with Crippen LogP contribution in [0.15, 0.2) is 18.2 Å². The fourth-order valence-corrected chi connectivity index (χ4v) is 3.07. The van der Waals surface area contributed by atoms with Gasteiger partial charge >= 0.3 is 18.0 Å². The van der Waals surface area contributed by atoms with E-state index in [1.165, 1.54) is 11.9 Å². The zero-order valence-electron chi connectivity index (χ0n) is 20.4. The van der Waals surface area contributed by atoms with Crippen molar-refractivity contribution >= 4 is 18.0 Å². The van der Waals surface area contributed by atoms with Crippen molar-refractivity contribution < 1.29 is 34.4 Å². The third-order valence-corrected chi connectivity index (χ3v) is 5.19. The Kier molecular flexibility index (Phi) is 8.48. The second-order valence-electron chi connectivity index (χ2n) is 10.6. The third kappa shape index (κ3) is 7.82. The van der Waals surface area contributed by atoms with E-state index in [9.17, 15) is 29.7 Å². The number of rotatable bonds is 9. The summed E-state index contributed by atoms with van der Waals surface area (Å²) >= 11 is 0. The zero-order valence-corrected chi connectivity index (χ0v) is 20.4. The number of aliphatic hydroxyl groups is 1. The number of nitrogens with zero attached hydrogens (tertiary/aromatic N) is 1. The van der Waals surface area contributed by atoms with Crippen LogP contribution >= 0.6 is 0 Å². The number of carboxylic acids is 2. The molecule has 0 radical (unpaired) electrons. The number of hydrogen-bond acceptors (Lipinski definition) is 5. The van der Waals surface area contributed by atoms with Crippen LogP contribution in [0.25, 0.3) is 0 Å². The molecule has 0 unspecified atom stereocenters. The van der Waals surface area contributed by atoms with Crippen LogP contribution in [-0.4, -0.2) is 57.4 Å². The number of carbonyl (C=O) groups is 3. The minimum atomic E-state index is -1.08. The number of hydrogen-bond donors (Lipinski definition) is 3. The summed E-state index contributed by atoms with van der Waals surface area (Å²) in [6, 6.07) is 5.10. The average molecular weight is 452 g/mol. The molecule has 8 heteroatoms. The number of likely N-dealkylation sites (N-methyl/N-ethyl adjacent to an activating group) is 1. The number of ether oxygens (including phenoxy) is 1. The van der Waals surface area contributed by atoms with Crippen molar-refractivity contribution in [3.63, 3.8) is 0 Å². The molecule has 0 spiro atoms. The number of aliphatic hydroxyl groups excluding tert-OH is 1. The largest absolute Gasteiger partial charge is 0.481 e. The lowest BCUT2D eigenvalue weighted by molar-refractivity contribution is -0.147. The van der Waals surface area contributed by atoms with E-state index in [1.807, 2.05) is 0 Å². The molecule has 0 bridgehead atoms. The smallest absolute Gasteiger partial charge is 0.410 e. The topological polar surface area (TPSA) is 124 Å². The monoisotopic (exact) mass is 451 g/mol. The van der Waals surface area contributed by atoms with Crippen molar-refractivity contribution in [3.8, 4) is 0 Å². The first-order valence-electron chi connectivity index (χ1n) is 10.6. The van der Waals surface area contributed by atoms with E-state index in [0.29, 0.717) is 16.7 Å². The molecular formula is C24H37NO7. The Hall–Kier alpha value is -2.61. The summed E-state index contributed by atoms with van der Waals surface area (Å²) in [7, 11) is 1.52. The van der Waals surface area contributed by atoms with E-state index in [1.54, 1.807) is 66.7 Å². The van der Waals surface area contributed by atoms with Crippen LogP contribution in [0.3, 0.4) is 0 Å². The Morgan fingerprint density at radius 3 is 1.81 bits per heavy atom. The van der Waals surface area contributed by atoms with Gasteiger partial charge in [-0.2, -0.15) is 0 Å². The molecule has 0 aliphatic rings. The number of carboxylic acid groups (broad SMARTS) is 2. The van der Waals surface area contributed by atoms with E-state index in [-0.39, 0.29) is 19.4 Å². The lowest BCUT2D eigenvalue weighted by Gasteiger charge is -2.27. The molecule has 0 saturated carbocycles. The predicted octanol–water partition coefficient (Wildman–Crippen LogP) is 3.89. The summed E-state index contributed by atoms with van der Waals surface area (Å²) in [6.45, 7) is 11.7. The molecule has 3 N–H and O–H groups in total. The maximum atomic E-state index is 12.2. The summed E-state index contributed by atoms with van der Waals surface area (Å²) in [6.07, 6.45) is -1.22. The molecule has 0 saturated heterocycles. The van der Waals surface area contributed by atoms with E-state index in [4.69, 9.17) is 4.74 Å². The van der Waals surface area contributed by atoms with Gasteiger partial charge in [0.25, 0.3) is 0 Å². The summed E-state index contributed by atoms with van der Waals surface area (Å²) in [5, 5.41) is 29.8. The first kappa shape index (κ1) is 27.4. The van der Waals surface area contributed by atoms with Crippen LogP contribution in [0.2, 0.25) is 0 Å². The standard InChI is InChI=1S/C24H37NO7/c1-22(2,3)32-21(31)25(8)14-18(26)15-9-10-16(12-23(4,5)19(27)28)17(11-15)13-24(6,7)20(29)30/h9-11,18,26H,12-14H2,1-8H3,(H,27,28)(H,29,30)/t18-/m0/s1. The Balaban J connectivity index is 3.23. The van der Waals surface area contributed by atoms with Gasteiger partial charge in [0.2, 0.25) is 0 Å². The van der Waals surface area contributed by atoms with Gasteiger partial charge < -0.3 is 25.0 Å². The van der Waals surface area contributed by atoms with E-state index in [0.717, 1.165) is 0 Å².